The van der Waals surface area contributed by atoms with E-state index in [9.17, 15) is 28.1 Å². The second kappa shape index (κ2) is 14.1. The fourth-order valence-electron chi connectivity index (χ4n) is 4.33. The summed E-state index contributed by atoms with van der Waals surface area (Å²) in [6, 6.07) is 18.9. The zero-order valence-corrected chi connectivity index (χ0v) is 24.7. The van der Waals surface area contributed by atoms with Gasteiger partial charge in [0.15, 0.2) is 0 Å². The Morgan fingerprint density at radius 3 is 2.32 bits per heavy atom. The van der Waals surface area contributed by atoms with Crippen molar-refractivity contribution in [2.45, 2.75) is 39.3 Å². The summed E-state index contributed by atoms with van der Waals surface area (Å²) in [6.07, 6.45) is 1.78. The Morgan fingerprint density at radius 2 is 1.71 bits per heavy atom. The van der Waals surface area contributed by atoms with Gasteiger partial charge in [0.1, 0.15) is 12.6 Å². The van der Waals surface area contributed by atoms with Crippen LogP contribution in [-0.2, 0) is 32.6 Å². The molecule has 2 amide bonds. The van der Waals surface area contributed by atoms with Crippen molar-refractivity contribution in [2.75, 3.05) is 23.7 Å². The number of benzene rings is 3. The van der Waals surface area contributed by atoms with Gasteiger partial charge < -0.3 is 10.2 Å². The molecule has 1 atom stereocenters. The number of halogens is 1. The molecule has 0 unspecified atom stereocenters. The van der Waals surface area contributed by atoms with Crippen molar-refractivity contribution >= 4 is 44.8 Å². The molecular weight excluding hydrogens is 568 g/mol. The molecular formula is C29H33ClN4O6S. The molecule has 0 aliphatic heterocycles. The number of nitro groups is 1. The van der Waals surface area contributed by atoms with E-state index in [0.29, 0.717) is 29.1 Å². The van der Waals surface area contributed by atoms with Crippen LogP contribution in [0.5, 0.6) is 0 Å². The van der Waals surface area contributed by atoms with Crippen LogP contribution in [0.25, 0.3) is 0 Å². The van der Waals surface area contributed by atoms with Crippen LogP contribution in [0, 0.1) is 17.0 Å². The van der Waals surface area contributed by atoms with Gasteiger partial charge in [-0.05, 0) is 42.2 Å². The summed E-state index contributed by atoms with van der Waals surface area (Å²) in [6.45, 7) is 3.20. The summed E-state index contributed by atoms with van der Waals surface area (Å²) >= 11 is 6.20. The van der Waals surface area contributed by atoms with Gasteiger partial charge in [0.2, 0.25) is 21.8 Å². The number of nitrogens with one attached hydrogen (secondary N) is 1. The third kappa shape index (κ3) is 8.76. The number of hydrogen-bond acceptors (Lipinski definition) is 6. The van der Waals surface area contributed by atoms with Gasteiger partial charge >= 0.3 is 0 Å². The molecule has 3 aromatic carbocycles. The molecule has 218 valence electrons. The third-order valence-corrected chi connectivity index (χ3v) is 7.78. The minimum atomic E-state index is -4.07. The van der Waals surface area contributed by atoms with Gasteiger partial charge in [-0.3, -0.25) is 24.0 Å². The first-order valence-corrected chi connectivity index (χ1v) is 15.2. The summed E-state index contributed by atoms with van der Waals surface area (Å²) in [5.41, 5.74) is 1.57. The van der Waals surface area contributed by atoms with Crippen LogP contribution < -0.4 is 9.62 Å². The average Bonchev–Trinajstić information content (AvgIpc) is 2.92. The Morgan fingerprint density at radius 1 is 1.02 bits per heavy atom. The third-order valence-electron chi connectivity index (χ3n) is 6.41. The first-order chi connectivity index (χ1) is 19.4. The number of amides is 2. The molecule has 0 aliphatic carbocycles. The number of anilines is 1. The number of carbonyl (C=O) groups excluding carboxylic acids is 2. The second-order valence-corrected chi connectivity index (χ2v) is 12.0. The molecule has 3 rings (SSSR count). The van der Waals surface area contributed by atoms with Crippen molar-refractivity contribution in [1.82, 2.24) is 10.2 Å². The highest BCUT2D eigenvalue weighted by molar-refractivity contribution is 7.92. The summed E-state index contributed by atoms with van der Waals surface area (Å²) in [7, 11) is -4.07. The number of nitro benzene ring substituents is 1. The highest BCUT2D eigenvalue weighted by atomic mass is 35.5. The zero-order chi connectivity index (χ0) is 30.2. The average molecular weight is 601 g/mol. The normalized spacial score (nSPS) is 11.9. The van der Waals surface area contributed by atoms with E-state index in [4.69, 9.17) is 11.6 Å². The smallest absolute Gasteiger partial charge is 0.271 e. The predicted octanol–water partition coefficient (Wildman–Crippen LogP) is 4.49. The van der Waals surface area contributed by atoms with Crippen LogP contribution in [0.3, 0.4) is 0 Å². The Labute approximate surface area is 245 Å². The number of hydrogen-bond donors (Lipinski definition) is 1. The van der Waals surface area contributed by atoms with Crippen LogP contribution in [0.2, 0.25) is 5.02 Å². The quantitative estimate of drug-likeness (QED) is 0.227. The van der Waals surface area contributed by atoms with Crippen molar-refractivity contribution in [2.24, 2.45) is 0 Å². The van der Waals surface area contributed by atoms with Gasteiger partial charge in [-0.1, -0.05) is 67.1 Å². The van der Waals surface area contributed by atoms with E-state index in [1.807, 2.05) is 37.3 Å². The highest BCUT2D eigenvalue weighted by Crippen LogP contribution is 2.28. The van der Waals surface area contributed by atoms with E-state index in [1.54, 1.807) is 31.2 Å². The van der Waals surface area contributed by atoms with Crippen molar-refractivity contribution < 1.29 is 22.9 Å². The van der Waals surface area contributed by atoms with Gasteiger partial charge in [0.25, 0.3) is 5.69 Å². The molecule has 0 aliphatic rings. The van der Waals surface area contributed by atoms with Gasteiger partial charge in [0, 0.05) is 36.7 Å². The molecule has 0 bridgehead atoms. The van der Waals surface area contributed by atoms with E-state index >= 15 is 0 Å². The lowest BCUT2D eigenvalue weighted by molar-refractivity contribution is -0.384. The molecule has 41 heavy (non-hydrogen) atoms. The zero-order valence-electron chi connectivity index (χ0n) is 23.1. The summed E-state index contributed by atoms with van der Waals surface area (Å²) in [4.78, 5) is 39.7. The van der Waals surface area contributed by atoms with E-state index in [2.05, 4.69) is 5.32 Å². The molecule has 10 nitrogen and oxygen atoms in total. The Kier molecular flexibility index (Phi) is 10.8. The van der Waals surface area contributed by atoms with Crippen molar-refractivity contribution in [3.05, 3.63) is 105 Å². The summed E-state index contributed by atoms with van der Waals surface area (Å²) < 4.78 is 26.7. The van der Waals surface area contributed by atoms with Gasteiger partial charge in [-0.25, -0.2) is 8.42 Å². The molecule has 3 aromatic rings. The van der Waals surface area contributed by atoms with Crippen molar-refractivity contribution in [3.8, 4) is 0 Å². The van der Waals surface area contributed by atoms with Gasteiger partial charge in [-0.15, -0.1) is 0 Å². The number of non-ortho nitro benzene ring substituents is 1. The van der Waals surface area contributed by atoms with Crippen LogP contribution in [0.15, 0.2) is 72.8 Å². The second-order valence-electron chi connectivity index (χ2n) is 9.65. The largest absolute Gasteiger partial charge is 0.354 e. The van der Waals surface area contributed by atoms with E-state index in [0.717, 1.165) is 22.2 Å². The lowest BCUT2D eigenvalue weighted by atomic mass is 10.0. The van der Waals surface area contributed by atoms with Gasteiger partial charge in [-0.2, -0.15) is 0 Å². The lowest BCUT2D eigenvalue weighted by Gasteiger charge is -2.33. The SMILES string of the molecule is CCCNC(=O)[C@H](Cc1ccccc1)N(Cc1cccc(Cl)c1)C(=O)CN(c1cc([N+](=O)[O-])ccc1C)S(C)(=O)=O. The Balaban J connectivity index is 2.09. The van der Waals surface area contributed by atoms with E-state index in [-0.39, 0.29) is 30.2 Å². The molecule has 0 saturated heterocycles. The number of carbonyl (C=O) groups is 2. The fourth-order valence-corrected chi connectivity index (χ4v) is 5.44. The molecule has 0 fully saturated rings. The molecule has 1 N–H and O–H groups in total. The number of sulfonamides is 1. The molecule has 0 radical (unpaired) electrons. The minimum Gasteiger partial charge on any atom is -0.354 e. The maximum absolute atomic E-state index is 14.1. The van der Waals surface area contributed by atoms with Gasteiger partial charge in [0.05, 0.1) is 16.9 Å². The number of aryl methyl sites for hydroxylation is 1. The Hall–Kier alpha value is -3.96. The summed E-state index contributed by atoms with van der Waals surface area (Å²) in [5.74, 6) is -1.04. The number of rotatable bonds is 13. The molecule has 0 spiro atoms. The first-order valence-electron chi connectivity index (χ1n) is 13.0. The maximum Gasteiger partial charge on any atom is 0.271 e. The molecule has 0 saturated carbocycles. The lowest BCUT2D eigenvalue weighted by Crippen LogP contribution is -2.53. The monoisotopic (exact) mass is 600 g/mol. The first kappa shape index (κ1) is 31.6. The fraction of sp³-hybridized carbons (Fsp3) is 0.310. The summed E-state index contributed by atoms with van der Waals surface area (Å²) in [5, 5.41) is 14.7. The number of nitrogens with zero attached hydrogens (tertiary/aromatic N) is 3. The topological polar surface area (TPSA) is 130 Å². The standard InChI is InChI=1S/C29H33ClN4O6S/c1-4-15-31-29(36)27(17-22-9-6-5-7-10-22)32(19-23-11-8-12-24(30)16-23)28(35)20-33(41(3,39)40)26-18-25(34(37)38)14-13-21(26)2/h5-14,16,18,27H,4,15,17,19-20H2,1-3H3,(H,31,36)/t27-/m0/s1. The van der Waals surface area contributed by atoms with Crippen molar-refractivity contribution in [3.63, 3.8) is 0 Å². The van der Waals surface area contributed by atoms with Crippen LogP contribution >= 0.6 is 11.6 Å². The highest BCUT2D eigenvalue weighted by Gasteiger charge is 2.33. The molecule has 0 aromatic heterocycles. The molecule has 0 heterocycles. The predicted molar refractivity (Wildman–Crippen MR) is 159 cm³/mol. The molecule has 12 heteroatoms. The Bertz CT molecular complexity index is 1500. The van der Waals surface area contributed by atoms with E-state index < -0.39 is 33.4 Å². The minimum absolute atomic E-state index is 0.00722. The van der Waals surface area contributed by atoms with Crippen LogP contribution in [0.1, 0.15) is 30.0 Å². The van der Waals surface area contributed by atoms with Crippen molar-refractivity contribution in [1.29, 1.82) is 0 Å². The maximum atomic E-state index is 14.1. The van der Waals surface area contributed by atoms with Crippen LogP contribution in [-0.4, -0.2) is 55.4 Å². The van der Waals surface area contributed by atoms with E-state index in [1.165, 1.54) is 17.0 Å². The van der Waals surface area contributed by atoms with Crippen LogP contribution in [0.4, 0.5) is 11.4 Å².